The van der Waals surface area contributed by atoms with E-state index in [1.165, 1.54) is 31.0 Å². The fraction of sp³-hybridized carbons (Fsp3) is 0.560. The lowest BCUT2D eigenvalue weighted by Gasteiger charge is -2.56. The van der Waals surface area contributed by atoms with E-state index in [1.54, 1.807) is 12.1 Å². The number of carbonyl (C=O) groups excluding carboxylic acids is 2. The highest BCUT2D eigenvalue weighted by Crippen LogP contribution is 2.55. The number of nitrogens with zero attached hydrogens (tertiary/aromatic N) is 1. The molecule has 4 fully saturated rings. The standard InChI is InChI=1S/C25H30N2O4S/c1-15-16(2)31-23(26-15)13-30-24(29)20-5-3-4-6-21(20)32-14-22(28)27-25-10-17-7-18(11-25)9-19(8-17)12-25/h3-6,17-19H,7-14H2,1-2H3,(H,27,28). The summed E-state index contributed by atoms with van der Waals surface area (Å²) in [5.74, 6) is 3.40. The second-order valence-corrected chi connectivity index (χ2v) is 10.9. The number of aryl methyl sites for hydroxylation is 2. The quantitative estimate of drug-likeness (QED) is 0.477. The van der Waals surface area contributed by atoms with Crippen LogP contribution >= 0.6 is 11.8 Å². The molecule has 0 saturated heterocycles. The van der Waals surface area contributed by atoms with Gasteiger partial charge in [0.2, 0.25) is 11.8 Å². The molecule has 32 heavy (non-hydrogen) atoms. The van der Waals surface area contributed by atoms with Crippen LogP contribution in [0.3, 0.4) is 0 Å². The van der Waals surface area contributed by atoms with Crippen molar-refractivity contribution < 1.29 is 18.7 Å². The summed E-state index contributed by atoms with van der Waals surface area (Å²) in [5, 5.41) is 3.40. The molecule has 1 aromatic carbocycles. The van der Waals surface area contributed by atoms with Crippen molar-refractivity contribution in [2.75, 3.05) is 5.75 Å². The maximum atomic E-state index is 12.9. The zero-order valence-corrected chi connectivity index (χ0v) is 19.5. The van der Waals surface area contributed by atoms with Gasteiger partial charge in [-0.3, -0.25) is 4.79 Å². The molecular weight excluding hydrogens is 424 g/mol. The lowest BCUT2D eigenvalue weighted by molar-refractivity contribution is -0.124. The molecule has 4 aliphatic rings. The molecule has 6 rings (SSSR count). The second kappa shape index (κ2) is 8.58. The molecule has 1 aromatic heterocycles. The van der Waals surface area contributed by atoms with E-state index in [9.17, 15) is 9.59 Å². The third-order valence-corrected chi connectivity index (χ3v) is 8.38. The Hall–Kier alpha value is -2.28. The van der Waals surface area contributed by atoms with Gasteiger partial charge in [0.1, 0.15) is 5.76 Å². The van der Waals surface area contributed by atoms with Crippen LogP contribution in [0.15, 0.2) is 33.6 Å². The molecule has 0 spiro atoms. The summed E-state index contributed by atoms with van der Waals surface area (Å²) in [5.41, 5.74) is 1.26. The molecule has 1 N–H and O–H groups in total. The van der Waals surface area contributed by atoms with Gasteiger partial charge < -0.3 is 14.5 Å². The minimum atomic E-state index is -0.442. The first-order valence-corrected chi connectivity index (χ1v) is 12.5. The predicted octanol–water partition coefficient (Wildman–Crippen LogP) is 4.83. The van der Waals surface area contributed by atoms with E-state index < -0.39 is 5.97 Å². The summed E-state index contributed by atoms with van der Waals surface area (Å²) >= 11 is 1.39. The largest absolute Gasteiger partial charge is 0.452 e. The van der Waals surface area contributed by atoms with Crippen molar-refractivity contribution in [2.45, 2.75) is 69.4 Å². The topological polar surface area (TPSA) is 81.4 Å². The number of aromatic nitrogens is 1. The van der Waals surface area contributed by atoms with Crippen LogP contribution in [0.4, 0.5) is 0 Å². The summed E-state index contributed by atoms with van der Waals surface area (Å²) < 4.78 is 10.9. The predicted molar refractivity (Wildman–Crippen MR) is 121 cm³/mol. The normalized spacial score (nSPS) is 28.0. The molecular formula is C25H30N2O4S. The van der Waals surface area contributed by atoms with E-state index in [0.29, 0.717) is 17.2 Å². The maximum absolute atomic E-state index is 12.9. The first-order chi connectivity index (χ1) is 15.4. The molecule has 170 valence electrons. The number of hydrogen-bond donors (Lipinski definition) is 1. The summed E-state index contributed by atoms with van der Waals surface area (Å²) in [6.45, 7) is 3.66. The van der Waals surface area contributed by atoms with E-state index in [-0.39, 0.29) is 18.1 Å². The van der Waals surface area contributed by atoms with Crippen LogP contribution in [-0.4, -0.2) is 28.2 Å². The number of nitrogens with one attached hydrogen (secondary N) is 1. The first kappa shape index (κ1) is 21.6. The van der Waals surface area contributed by atoms with Crippen LogP contribution in [0.5, 0.6) is 0 Å². The van der Waals surface area contributed by atoms with Crippen molar-refractivity contribution in [3.63, 3.8) is 0 Å². The number of ether oxygens (including phenoxy) is 1. The second-order valence-electron chi connectivity index (χ2n) is 9.86. The number of thioether (sulfide) groups is 1. The molecule has 4 bridgehead atoms. The SMILES string of the molecule is Cc1nc(COC(=O)c2ccccc2SCC(=O)NC23CC4CC(CC(C4)C2)C3)oc1C. The fourth-order valence-electron chi connectivity index (χ4n) is 6.31. The van der Waals surface area contributed by atoms with Gasteiger partial charge >= 0.3 is 5.97 Å². The highest BCUT2D eigenvalue weighted by Gasteiger charge is 2.51. The van der Waals surface area contributed by atoms with E-state index in [4.69, 9.17) is 9.15 Å². The van der Waals surface area contributed by atoms with Gasteiger partial charge in [-0.25, -0.2) is 9.78 Å². The summed E-state index contributed by atoms with van der Waals surface area (Å²) in [4.78, 5) is 30.5. The van der Waals surface area contributed by atoms with Crippen molar-refractivity contribution in [3.8, 4) is 0 Å². The minimum Gasteiger partial charge on any atom is -0.452 e. The Kier molecular flexibility index (Phi) is 5.78. The van der Waals surface area contributed by atoms with Crippen LogP contribution < -0.4 is 5.32 Å². The Bertz CT molecular complexity index is 976. The van der Waals surface area contributed by atoms with Gasteiger partial charge in [0, 0.05) is 10.4 Å². The van der Waals surface area contributed by atoms with Gasteiger partial charge in [-0.1, -0.05) is 12.1 Å². The molecule has 1 heterocycles. The number of esters is 1. The van der Waals surface area contributed by atoms with Gasteiger partial charge in [0.05, 0.1) is 17.0 Å². The van der Waals surface area contributed by atoms with Crippen LogP contribution in [0.1, 0.15) is 66.2 Å². The Morgan fingerprint density at radius 3 is 2.41 bits per heavy atom. The lowest BCUT2D eigenvalue weighted by atomic mass is 9.53. The van der Waals surface area contributed by atoms with E-state index in [1.807, 2.05) is 26.0 Å². The van der Waals surface area contributed by atoms with E-state index in [0.717, 1.165) is 53.4 Å². The Balaban J connectivity index is 1.18. The highest BCUT2D eigenvalue weighted by molar-refractivity contribution is 8.00. The number of hydrogen-bond acceptors (Lipinski definition) is 6. The molecule has 0 unspecified atom stereocenters. The molecule has 6 nitrogen and oxygen atoms in total. The zero-order chi connectivity index (χ0) is 22.3. The van der Waals surface area contributed by atoms with Gasteiger partial charge in [-0.05, 0) is 82.3 Å². The van der Waals surface area contributed by atoms with Crippen LogP contribution in [0, 0.1) is 31.6 Å². The molecule has 4 aliphatic carbocycles. The summed E-state index contributed by atoms with van der Waals surface area (Å²) in [7, 11) is 0. The van der Waals surface area contributed by atoms with Crippen molar-refractivity contribution in [1.29, 1.82) is 0 Å². The third-order valence-electron chi connectivity index (χ3n) is 7.31. The maximum Gasteiger partial charge on any atom is 0.339 e. The molecule has 0 aliphatic heterocycles. The van der Waals surface area contributed by atoms with Gasteiger partial charge in [-0.15, -0.1) is 11.8 Å². The average Bonchev–Trinajstić information content (AvgIpc) is 3.07. The van der Waals surface area contributed by atoms with Crippen molar-refractivity contribution in [2.24, 2.45) is 17.8 Å². The van der Waals surface area contributed by atoms with Gasteiger partial charge in [0.15, 0.2) is 6.61 Å². The van der Waals surface area contributed by atoms with Crippen LogP contribution in [0.2, 0.25) is 0 Å². The van der Waals surface area contributed by atoms with Gasteiger partial charge in [0.25, 0.3) is 0 Å². The molecule has 7 heteroatoms. The van der Waals surface area contributed by atoms with Gasteiger partial charge in [-0.2, -0.15) is 0 Å². The minimum absolute atomic E-state index is 0.0111. The Labute approximate surface area is 192 Å². The Morgan fingerprint density at radius 2 is 1.78 bits per heavy atom. The number of oxazole rings is 1. The molecule has 0 atom stereocenters. The number of carbonyl (C=O) groups is 2. The zero-order valence-electron chi connectivity index (χ0n) is 18.7. The Morgan fingerprint density at radius 1 is 1.12 bits per heavy atom. The summed E-state index contributed by atoms with van der Waals surface area (Å²) in [6, 6.07) is 7.26. The monoisotopic (exact) mass is 454 g/mol. The number of benzene rings is 1. The van der Waals surface area contributed by atoms with Crippen molar-refractivity contribution in [1.82, 2.24) is 10.3 Å². The van der Waals surface area contributed by atoms with Crippen molar-refractivity contribution in [3.05, 3.63) is 47.2 Å². The van der Waals surface area contributed by atoms with E-state index in [2.05, 4.69) is 10.3 Å². The first-order valence-electron chi connectivity index (χ1n) is 11.5. The lowest BCUT2D eigenvalue weighted by Crippen LogP contribution is -2.60. The molecule has 4 saturated carbocycles. The van der Waals surface area contributed by atoms with Crippen molar-refractivity contribution >= 4 is 23.6 Å². The molecule has 2 aromatic rings. The fourth-order valence-corrected chi connectivity index (χ4v) is 7.15. The highest BCUT2D eigenvalue weighted by atomic mass is 32.2. The average molecular weight is 455 g/mol. The van der Waals surface area contributed by atoms with Crippen LogP contribution in [-0.2, 0) is 16.1 Å². The molecule has 1 amide bonds. The third kappa shape index (κ3) is 4.45. The smallest absolute Gasteiger partial charge is 0.339 e. The van der Waals surface area contributed by atoms with Crippen LogP contribution in [0.25, 0.3) is 0 Å². The number of rotatable bonds is 7. The summed E-state index contributed by atoms with van der Waals surface area (Å²) in [6.07, 6.45) is 7.47. The van der Waals surface area contributed by atoms with E-state index >= 15 is 0 Å². The number of amides is 1. The molecule has 0 radical (unpaired) electrons.